The van der Waals surface area contributed by atoms with Crippen LogP contribution in [0, 0.1) is 6.92 Å². The monoisotopic (exact) mass is 546 g/mol. The Kier molecular flexibility index (Phi) is 14.3. The SMILES string of the molecule is CCNC(=NCc1ccc(C)cc1OCCOC)NCCCN1CCCCCC1=O.I. The molecule has 1 amide bonds. The van der Waals surface area contributed by atoms with E-state index in [1.54, 1.807) is 7.11 Å². The number of aryl methyl sites for hydroxylation is 1. The normalized spacial score (nSPS) is 14.6. The number of aliphatic imine (C=N–C) groups is 1. The third-order valence-electron chi connectivity index (χ3n) is 5.09. The molecule has 1 aliphatic heterocycles. The van der Waals surface area contributed by atoms with E-state index in [0.717, 1.165) is 74.7 Å². The first-order valence-electron chi connectivity index (χ1n) is 11.1. The van der Waals surface area contributed by atoms with Crippen LogP contribution in [0.25, 0.3) is 0 Å². The van der Waals surface area contributed by atoms with E-state index in [0.29, 0.717) is 32.1 Å². The van der Waals surface area contributed by atoms with Crippen LogP contribution in [-0.2, 0) is 16.1 Å². The van der Waals surface area contributed by atoms with E-state index in [4.69, 9.17) is 14.5 Å². The van der Waals surface area contributed by atoms with Crippen LogP contribution in [-0.4, -0.2) is 63.3 Å². The molecule has 0 aromatic heterocycles. The molecule has 0 aliphatic carbocycles. The average Bonchev–Trinajstić information content (AvgIpc) is 2.94. The van der Waals surface area contributed by atoms with E-state index in [2.05, 4.69) is 36.6 Å². The molecule has 2 N–H and O–H groups in total. The van der Waals surface area contributed by atoms with Crippen LogP contribution in [0.15, 0.2) is 23.2 Å². The van der Waals surface area contributed by atoms with Gasteiger partial charge in [-0.25, -0.2) is 4.99 Å². The van der Waals surface area contributed by atoms with E-state index in [1.807, 2.05) is 11.0 Å². The van der Waals surface area contributed by atoms with Crippen LogP contribution < -0.4 is 15.4 Å². The minimum absolute atomic E-state index is 0. The summed E-state index contributed by atoms with van der Waals surface area (Å²) in [5.41, 5.74) is 2.20. The highest BCUT2D eigenvalue weighted by atomic mass is 127. The fourth-order valence-corrected chi connectivity index (χ4v) is 3.42. The molecule has 1 saturated heterocycles. The Morgan fingerprint density at radius 2 is 2.03 bits per heavy atom. The van der Waals surface area contributed by atoms with E-state index >= 15 is 0 Å². The summed E-state index contributed by atoms with van der Waals surface area (Å²) in [6, 6.07) is 6.18. The summed E-state index contributed by atoms with van der Waals surface area (Å²) in [7, 11) is 1.67. The van der Waals surface area contributed by atoms with E-state index in [9.17, 15) is 4.79 Å². The molecule has 1 heterocycles. The van der Waals surface area contributed by atoms with Gasteiger partial charge in [0.05, 0.1) is 13.2 Å². The Morgan fingerprint density at radius 3 is 2.81 bits per heavy atom. The summed E-state index contributed by atoms with van der Waals surface area (Å²) >= 11 is 0. The molecule has 1 aromatic rings. The van der Waals surface area contributed by atoms with Crippen molar-refractivity contribution in [1.29, 1.82) is 0 Å². The number of carbonyl (C=O) groups is 1. The maximum Gasteiger partial charge on any atom is 0.222 e. The summed E-state index contributed by atoms with van der Waals surface area (Å²) in [5, 5.41) is 6.67. The van der Waals surface area contributed by atoms with Crippen molar-refractivity contribution < 1.29 is 14.3 Å². The number of rotatable bonds is 11. The first-order valence-corrected chi connectivity index (χ1v) is 11.1. The van der Waals surface area contributed by atoms with Crippen molar-refractivity contribution in [3.05, 3.63) is 29.3 Å². The molecule has 176 valence electrons. The molecule has 0 saturated carbocycles. The third-order valence-corrected chi connectivity index (χ3v) is 5.09. The molecule has 7 nitrogen and oxygen atoms in total. The molecule has 0 spiro atoms. The molecule has 1 aliphatic rings. The maximum absolute atomic E-state index is 12.1. The summed E-state index contributed by atoms with van der Waals surface area (Å²) in [6.07, 6.45) is 4.92. The zero-order chi connectivity index (χ0) is 21.6. The van der Waals surface area contributed by atoms with Crippen LogP contribution in [0.1, 0.15) is 50.2 Å². The number of nitrogens with zero attached hydrogens (tertiary/aromatic N) is 2. The number of amides is 1. The van der Waals surface area contributed by atoms with Gasteiger partial charge in [0.15, 0.2) is 5.96 Å². The van der Waals surface area contributed by atoms with Gasteiger partial charge in [0.25, 0.3) is 0 Å². The number of halogens is 1. The average molecular weight is 546 g/mol. The second-order valence-corrected chi connectivity index (χ2v) is 7.62. The molecule has 1 fully saturated rings. The Hall–Kier alpha value is -1.55. The Labute approximate surface area is 204 Å². The van der Waals surface area contributed by atoms with Gasteiger partial charge in [0.2, 0.25) is 5.91 Å². The van der Waals surface area contributed by atoms with Gasteiger partial charge in [-0.05, 0) is 44.7 Å². The Bertz CT molecular complexity index is 685. The fourth-order valence-electron chi connectivity index (χ4n) is 3.42. The molecular formula is C23H39IN4O3. The highest BCUT2D eigenvalue weighted by Crippen LogP contribution is 2.21. The predicted octanol–water partition coefficient (Wildman–Crippen LogP) is 3.49. The lowest BCUT2D eigenvalue weighted by Gasteiger charge is -2.20. The van der Waals surface area contributed by atoms with Gasteiger partial charge in [0.1, 0.15) is 12.4 Å². The number of guanidine groups is 1. The van der Waals surface area contributed by atoms with Crippen molar-refractivity contribution in [3.8, 4) is 5.75 Å². The molecule has 0 radical (unpaired) electrons. The Balaban J connectivity index is 0.00000480. The molecule has 0 bridgehead atoms. The number of hydrogen-bond acceptors (Lipinski definition) is 4. The summed E-state index contributed by atoms with van der Waals surface area (Å²) in [6.45, 7) is 8.98. The van der Waals surface area contributed by atoms with Crippen molar-refractivity contribution in [2.75, 3.05) is 46.5 Å². The maximum atomic E-state index is 12.1. The topological polar surface area (TPSA) is 75.2 Å². The van der Waals surface area contributed by atoms with E-state index in [-0.39, 0.29) is 24.0 Å². The van der Waals surface area contributed by atoms with Crippen molar-refractivity contribution in [2.24, 2.45) is 4.99 Å². The van der Waals surface area contributed by atoms with Crippen LogP contribution in [0.4, 0.5) is 0 Å². The van der Waals surface area contributed by atoms with Gasteiger partial charge in [0, 0.05) is 45.3 Å². The second kappa shape index (κ2) is 16.1. The second-order valence-electron chi connectivity index (χ2n) is 7.62. The van der Waals surface area contributed by atoms with Crippen molar-refractivity contribution in [3.63, 3.8) is 0 Å². The van der Waals surface area contributed by atoms with Gasteiger partial charge < -0.3 is 25.0 Å². The van der Waals surface area contributed by atoms with Crippen LogP contribution in [0.5, 0.6) is 5.75 Å². The van der Waals surface area contributed by atoms with Gasteiger partial charge in [-0.15, -0.1) is 24.0 Å². The lowest BCUT2D eigenvalue weighted by Crippen LogP contribution is -2.39. The highest BCUT2D eigenvalue weighted by molar-refractivity contribution is 14.0. The summed E-state index contributed by atoms with van der Waals surface area (Å²) in [4.78, 5) is 18.8. The van der Waals surface area contributed by atoms with Crippen molar-refractivity contribution in [1.82, 2.24) is 15.5 Å². The van der Waals surface area contributed by atoms with Gasteiger partial charge >= 0.3 is 0 Å². The minimum Gasteiger partial charge on any atom is -0.491 e. The van der Waals surface area contributed by atoms with Crippen molar-refractivity contribution >= 4 is 35.8 Å². The number of nitrogens with one attached hydrogen (secondary N) is 2. The summed E-state index contributed by atoms with van der Waals surface area (Å²) < 4.78 is 10.9. The summed E-state index contributed by atoms with van der Waals surface area (Å²) in [5.74, 6) is 1.93. The van der Waals surface area contributed by atoms with E-state index < -0.39 is 0 Å². The lowest BCUT2D eigenvalue weighted by molar-refractivity contribution is -0.130. The molecule has 2 rings (SSSR count). The fraction of sp³-hybridized carbons (Fsp3) is 0.652. The molecular weight excluding hydrogens is 507 g/mol. The van der Waals surface area contributed by atoms with Crippen LogP contribution in [0.3, 0.4) is 0 Å². The molecule has 1 aromatic carbocycles. The number of carbonyl (C=O) groups excluding carboxylic acids is 1. The zero-order valence-electron chi connectivity index (χ0n) is 19.2. The lowest BCUT2D eigenvalue weighted by atomic mass is 10.1. The molecule has 0 unspecified atom stereocenters. The van der Waals surface area contributed by atoms with Gasteiger partial charge in [-0.2, -0.15) is 0 Å². The zero-order valence-corrected chi connectivity index (χ0v) is 21.6. The molecule has 8 heteroatoms. The molecule has 31 heavy (non-hydrogen) atoms. The largest absolute Gasteiger partial charge is 0.491 e. The Morgan fingerprint density at radius 1 is 1.19 bits per heavy atom. The number of hydrogen-bond donors (Lipinski definition) is 2. The highest BCUT2D eigenvalue weighted by Gasteiger charge is 2.15. The quantitative estimate of drug-likeness (QED) is 0.193. The van der Waals surface area contributed by atoms with Gasteiger partial charge in [-0.3, -0.25) is 4.79 Å². The predicted molar refractivity (Wildman–Crippen MR) is 136 cm³/mol. The molecule has 0 atom stereocenters. The standard InChI is InChI=1S/C23H38N4O3.HI/c1-4-24-23(25-12-8-14-27-13-7-5-6-9-22(27)28)26-18-20-11-10-19(2)17-21(20)30-16-15-29-3;/h10-11,17H,4-9,12-16,18H2,1-3H3,(H2,24,25,26);1H. The minimum atomic E-state index is 0. The van der Waals surface area contributed by atoms with E-state index in [1.165, 1.54) is 0 Å². The van der Waals surface area contributed by atoms with Gasteiger partial charge in [-0.1, -0.05) is 18.6 Å². The third kappa shape index (κ3) is 10.5. The first kappa shape index (κ1) is 27.5. The van der Waals surface area contributed by atoms with Crippen LogP contribution in [0.2, 0.25) is 0 Å². The number of methoxy groups -OCH3 is 1. The first-order chi connectivity index (χ1) is 14.6. The number of ether oxygens (including phenoxy) is 2. The number of benzene rings is 1. The van der Waals surface area contributed by atoms with Crippen LogP contribution >= 0.6 is 24.0 Å². The smallest absolute Gasteiger partial charge is 0.222 e. The number of likely N-dealkylation sites (tertiary alicyclic amines) is 1. The van der Waals surface area contributed by atoms with Crippen molar-refractivity contribution in [2.45, 2.75) is 52.5 Å².